The maximum absolute atomic E-state index is 13.4. The van der Waals surface area contributed by atoms with Crippen molar-refractivity contribution in [2.75, 3.05) is 6.61 Å². The van der Waals surface area contributed by atoms with Gasteiger partial charge in [0.15, 0.2) is 4.80 Å². The predicted molar refractivity (Wildman–Crippen MR) is 121 cm³/mol. The van der Waals surface area contributed by atoms with Crippen LogP contribution in [0.4, 0.5) is 0 Å². The Morgan fingerprint density at radius 1 is 1.20 bits per heavy atom. The van der Waals surface area contributed by atoms with E-state index >= 15 is 0 Å². The summed E-state index contributed by atoms with van der Waals surface area (Å²) in [7, 11) is 0. The van der Waals surface area contributed by atoms with Crippen LogP contribution >= 0.6 is 27.3 Å². The van der Waals surface area contributed by atoms with Crippen LogP contribution in [0.1, 0.15) is 31.0 Å². The van der Waals surface area contributed by atoms with Crippen molar-refractivity contribution < 1.29 is 9.53 Å². The molecule has 5 nitrogen and oxygen atoms in total. The number of esters is 1. The highest BCUT2D eigenvalue weighted by Gasteiger charge is 2.33. The smallest absolute Gasteiger partial charge is 0.338 e. The van der Waals surface area contributed by atoms with E-state index in [1.807, 2.05) is 60.7 Å². The van der Waals surface area contributed by atoms with Crippen LogP contribution in [0.25, 0.3) is 6.08 Å². The summed E-state index contributed by atoms with van der Waals surface area (Å²) < 4.78 is 8.35. The summed E-state index contributed by atoms with van der Waals surface area (Å²) in [5, 5.41) is 0. The number of halogens is 1. The fourth-order valence-electron chi connectivity index (χ4n) is 3.48. The summed E-state index contributed by atoms with van der Waals surface area (Å²) in [6.45, 7) is 3.80. The number of carbonyl (C=O) groups excluding carboxylic acids is 1. The van der Waals surface area contributed by atoms with Gasteiger partial charge in [0.1, 0.15) is 0 Å². The van der Waals surface area contributed by atoms with Crippen molar-refractivity contribution in [3.8, 4) is 0 Å². The first-order valence-electron chi connectivity index (χ1n) is 9.50. The molecule has 1 atom stereocenters. The fraction of sp³-hybridized carbons (Fsp3) is 0.174. The Balaban J connectivity index is 1.97. The molecule has 0 fully saturated rings. The number of benzene rings is 2. The molecular formula is C23H19BrN2O3S. The molecule has 0 saturated carbocycles. The summed E-state index contributed by atoms with van der Waals surface area (Å²) in [5.41, 5.74) is 2.51. The molecule has 7 heteroatoms. The molecule has 0 radical (unpaired) electrons. The summed E-state index contributed by atoms with van der Waals surface area (Å²) in [6, 6.07) is 16.6. The lowest BCUT2D eigenvalue weighted by atomic mass is 9.96. The van der Waals surface area contributed by atoms with Gasteiger partial charge in [0.2, 0.25) is 0 Å². The van der Waals surface area contributed by atoms with Crippen molar-refractivity contribution in [1.29, 1.82) is 0 Å². The minimum Gasteiger partial charge on any atom is -0.463 e. The van der Waals surface area contributed by atoms with E-state index in [1.165, 1.54) is 11.3 Å². The molecule has 3 aromatic rings. The first-order valence-corrected chi connectivity index (χ1v) is 11.1. The second kappa shape index (κ2) is 8.53. The highest BCUT2D eigenvalue weighted by Crippen LogP contribution is 2.30. The van der Waals surface area contributed by atoms with E-state index < -0.39 is 12.0 Å². The van der Waals surface area contributed by atoms with Crippen LogP contribution in [0.15, 0.2) is 80.1 Å². The van der Waals surface area contributed by atoms with Crippen molar-refractivity contribution in [3.63, 3.8) is 0 Å². The Kier molecular flexibility index (Phi) is 5.83. The molecule has 1 unspecified atom stereocenters. The number of fused-ring (bicyclic) bond motifs is 1. The summed E-state index contributed by atoms with van der Waals surface area (Å²) in [4.78, 5) is 31.4. The van der Waals surface area contributed by atoms with Gasteiger partial charge < -0.3 is 4.74 Å². The van der Waals surface area contributed by atoms with Crippen LogP contribution in [0, 0.1) is 0 Å². The van der Waals surface area contributed by atoms with E-state index in [0.29, 0.717) is 20.6 Å². The number of nitrogens with zero attached hydrogens (tertiary/aromatic N) is 2. The molecule has 0 aliphatic carbocycles. The van der Waals surface area contributed by atoms with Gasteiger partial charge in [0.25, 0.3) is 5.56 Å². The maximum atomic E-state index is 13.4. The number of hydrogen-bond acceptors (Lipinski definition) is 5. The van der Waals surface area contributed by atoms with Crippen molar-refractivity contribution >= 4 is 39.3 Å². The molecule has 30 heavy (non-hydrogen) atoms. The highest BCUT2D eigenvalue weighted by molar-refractivity contribution is 9.10. The van der Waals surface area contributed by atoms with Crippen LogP contribution in [-0.2, 0) is 9.53 Å². The van der Waals surface area contributed by atoms with E-state index in [4.69, 9.17) is 4.74 Å². The molecule has 0 saturated heterocycles. The van der Waals surface area contributed by atoms with Gasteiger partial charge in [-0.25, -0.2) is 9.79 Å². The van der Waals surface area contributed by atoms with E-state index in [-0.39, 0.29) is 12.2 Å². The van der Waals surface area contributed by atoms with Crippen LogP contribution in [0.3, 0.4) is 0 Å². The topological polar surface area (TPSA) is 60.7 Å². The summed E-state index contributed by atoms with van der Waals surface area (Å²) in [6.07, 6.45) is 1.85. The third kappa shape index (κ3) is 3.70. The number of ether oxygens (including phenoxy) is 1. The Bertz CT molecular complexity index is 1320. The quantitative estimate of drug-likeness (QED) is 0.534. The third-order valence-electron chi connectivity index (χ3n) is 4.82. The highest BCUT2D eigenvalue weighted by atomic mass is 79.9. The van der Waals surface area contributed by atoms with Crippen LogP contribution in [0.5, 0.6) is 0 Å². The average molecular weight is 483 g/mol. The van der Waals surface area contributed by atoms with Gasteiger partial charge in [-0.05, 0) is 37.1 Å². The van der Waals surface area contributed by atoms with E-state index in [2.05, 4.69) is 20.9 Å². The molecule has 0 bridgehead atoms. The maximum Gasteiger partial charge on any atom is 0.338 e. The van der Waals surface area contributed by atoms with Gasteiger partial charge in [-0.2, -0.15) is 0 Å². The van der Waals surface area contributed by atoms with Gasteiger partial charge in [0.05, 0.1) is 28.5 Å². The molecule has 2 heterocycles. The second-order valence-electron chi connectivity index (χ2n) is 6.73. The minimum atomic E-state index is -0.581. The minimum absolute atomic E-state index is 0.183. The summed E-state index contributed by atoms with van der Waals surface area (Å²) >= 11 is 4.84. The lowest BCUT2D eigenvalue weighted by Crippen LogP contribution is -2.39. The van der Waals surface area contributed by atoms with E-state index in [1.54, 1.807) is 18.4 Å². The molecule has 4 rings (SSSR count). The van der Waals surface area contributed by atoms with Gasteiger partial charge in [-0.3, -0.25) is 9.36 Å². The standard InChI is InChI=1S/C23H19BrN2O3S/c1-3-29-22(28)19-14(2)25-23-26(20(19)15-9-5-4-6-10-15)21(27)18(30-23)13-16-11-7-8-12-17(16)24/h4-13,20H,3H2,1-2H3/b18-13-. The molecule has 1 aromatic heterocycles. The monoisotopic (exact) mass is 482 g/mol. The number of thiazole rings is 1. The van der Waals surface area contributed by atoms with E-state index in [0.717, 1.165) is 15.6 Å². The van der Waals surface area contributed by atoms with Gasteiger partial charge >= 0.3 is 5.97 Å². The van der Waals surface area contributed by atoms with Crippen LogP contribution in [-0.4, -0.2) is 17.1 Å². The largest absolute Gasteiger partial charge is 0.463 e. The van der Waals surface area contributed by atoms with Crippen molar-refractivity contribution in [1.82, 2.24) is 4.57 Å². The average Bonchev–Trinajstić information content (AvgIpc) is 3.04. The van der Waals surface area contributed by atoms with Gasteiger partial charge in [-0.15, -0.1) is 0 Å². The van der Waals surface area contributed by atoms with Crippen molar-refractivity contribution in [3.05, 3.63) is 101 Å². The summed E-state index contributed by atoms with van der Waals surface area (Å²) in [5.74, 6) is -0.451. The Labute approximate surface area is 185 Å². The Hall–Kier alpha value is -2.77. The molecule has 2 aromatic carbocycles. The van der Waals surface area contributed by atoms with Gasteiger partial charge in [0, 0.05) is 4.47 Å². The number of carbonyl (C=O) groups is 1. The number of rotatable bonds is 4. The lowest BCUT2D eigenvalue weighted by Gasteiger charge is -2.24. The molecule has 1 aliphatic rings. The zero-order valence-corrected chi connectivity index (χ0v) is 18.9. The molecule has 0 spiro atoms. The molecule has 1 aliphatic heterocycles. The normalized spacial score (nSPS) is 16.2. The first-order chi connectivity index (χ1) is 14.5. The van der Waals surface area contributed by atoms with Crippen molar-refractivity contribution in [2.45, 2.75) is 19.9 Å². The van der Waals surface area contributed by atoms with Crippen LogP contribution < -0.4 is 14.9 Å². The Morgan fingerprint density at radius 3 is 2.60 bits per heavy atom. The predicted octanol–water partition coefficient (Wildman–Crippen LogP) is 3.56. The number of allylic oxidation sites excluding steroid dienone is 1. The fourth-order valence-corrected chi connectivity index (χ4v) is 4.91. The van der Waals surface area contributed by atoms with Crippen molar-refractivity contribution in [2.24, 2.45) is 4.99 Å². The SMILES string of the molecule is CCOC(=O)C1=C(C)N=c2s/c(=C\c3ccccc3Br)c(=O)n2C1c1ccccc1. The van der Waals surface area contributed by atoms with E-state index in [9.17, 15) is 9.59 Å². The number of hydrogen-bond donors (Lipinski definition) is 0. The third-order valence-corrected chi connectivity index (χ3v) is 6.53. The Morgan fingerprint density at radius 2 is 1.90 bits per heavy atom. The van der Waals surface area contributed by atoms with Crippen LogP contribution in [0.2, 0.25) is 0 Å². The number of aromatic nitrogens is 1. The molecule has 0 amide bonds. The lowest BCUT2D eigenvalue weighted by molar-refractivity contribution is -0.139. The molecule has 0 N–H and O–H groups in total. The second-order valence-corrected chi connectivity index (χ2v) is 8.60. The zero-order chi connectivity index (χ0) is 21.3. The molecular weight excluding hydrogens is 464 g/mol. The van der Waals surface area contributed by atoms with Gasteiger partial charge in [-0.1, -0.05) is 75.8 Å². The zero-order valence-electron chi connectivity index (χ0n) is 16.5. The first kappa shape index (κ1) is 20.5. The molecule has 152 valence electrons.